The van der Waals surface area contributed by atoms with E-state index in [0.717, 1.165) is 24.3 Å². The molecule has 0 N–H and O–H groups in total. The third kappa shape index (κ3) is 2.75. The Morgan fingerprint density at radius 2 is 2.05 bits per heavy atom. The fourth-order valence-electron chi connectivity index (χ4n) is 2.41. The first-order chi connectivity index (χ1) is 9.84. The highest BCUT2D eigenvalue weighted by atomic mass is 16.5. The van der Waals surface area contributed by atoms with Gasteiger partial charge in [-0.1, -0.05) is 18.2 Å². The molecule has 4 heteroatoms. The number of carbonyl (C=O) groups is 1. The number of hydrogen-bond acceptors (Lipinski definition) is 3. The lowest BCUT2D eigenvalue weighted by Crippen LogP contribution is -2.38. The summed E-state index contributed by atoms with van der Waals surface area (Å²) in [4.78, 5) is 14.4. The largest absolute Gasteiger partial charge is 0.467 e. The number of para-hydroxylation sites is 1. The van der Waals surface area contributed by atoms with E-state index in [-0.39, 0.29) is 12.0 Å². The van der Waals surface area contributed by atoms with Crippen LogP contribution in [-0.2, 0) is 16.1 Å². The van der Waals surface area contributed by atoms with Gasteiger partial charge < -0.3 is 14.1 Å². The summed E-state index contributed by atoms with van der Waals surface area (Å²) in [7, 11) is 0. The van der Waals surface area contributed by atoms with Crippen molar-refractivity contribution < 1.29 is 13.9 Å². The van der Waals surface area contributed by atoms with Crippen LogP contribution in [0.4, 0.5) is 5.69 Å². The SMILES string of the molecule is O=C([C@@H]1CCCO1)N(Cc1ccco1)c1ccccc1. The Hall–Kier alpha value is -2.07. The van der Waals surface area contributed by atoms with E-state index in [2.05, 4.69) is 0 Å². The van der Waals surface area contributed by atoms with Gasteiger partial charge in [-0.15, -0.1) is 0 Å². The van der Waals surface area contributed by atoms with Gasteiger partial charge in [0.2, 0.25) is 0 Å². The Balaban J connectivity index is 1.84. The lowest BCUT2D eigenvalue weighted by molar-refractivity contribution is -0.127. The van der Waals surface area contributed by atoms with Crippen molar-refractivity contribution in [3.8, 4) is 0 Å². The Bertz CT molecular complexity index is 544. The van der Waals surface area contributed by atoms with Crippen LogP contribution in [0.2, 0.25) is 0 Å². The molecule has 0 aliphatic carbocycles. The van der Waals surface area contributed by atoms with E-state index in [9.17, 15) is 4.79 Å². The van der Waals surface area contributed by atoms with Gasteiger partial charge in [-0.2, -0.15) is 0 Å². The smallest absolute Gasteiger partial charge is 0.256 e. The van der Waals surface area contributed by atoms with Crippen molar-refractivity contribution in [1.29, 1.82) is 0 Å². The molecule has 20 heavy (non-hydrogen) atoms. The van der Waals surface area contributed by atoms with Crippen LogP contribution >= 0.6 is 0 Å². The molecule has 1 aromatic carbocycles. The molecule has 1 saturated heterocycles. The predicted octanol–water partition coefficient (Wildman–Crippen LogP) is 2.99. The van der Waals surface area contributed by atoms with Crippen molar-refractivity contribution in [3.63, 3.8) is 0 Å². The van der Waals surface area contributed by atoms with Gasteiger partial charge >= 0.3 is 0 Å². The molecule has 1 amide bonds. The van der Waals surface area contributed by atoms with Gasteiger partial charge in [-0.3, -0.25) is 4.79 Å². The van der Waals surface area contributed by atoms with Crippen molar-refractivity contribution >= 4 is 11.6 Å². The minimum Gasteiger partial charge on any atom is -0.467 e. The van der Waals surface area contributed by atoms with Crippen LogP contribution in [0.15, 0.2) is 53.1 Å². The number of nitrogens with zero attached hydrogens (tertiary/aromatic N) is 1. The van der Waals surface area contributed by atoms with Crippen LogP contribution in [-0.4, -0.2) is 18.6 Å². The lowest BCUT2D eigenvalue weighted by atomic mass is 10.2. The van der Waals surface area contributed by atoms with Crippen molar-refractivity contribution in [2.75, 3.05) is 11.5 Å². The van der Waals surface area contributed by atoms with Gasteiger partial charge in [0.15, 0.2) is 0 Å². The molecule has 0 bridgehead atoms. The van der Waals surface area contributed by atoms with Crippen LogP contribution in [0.3, 0.4) is 0 Å². The fourth-order valence-corrected chi connectivity index (χ4v) is 2.41. The van der Waals surface area contributed by atoms with Gasteiger partial charge in [-0.25, -0.2) is 0 Å². The zero-order valence-electron chi connectivity index (χ0n) is 11.2. The number of rotatable bonds is 4. The molecule has 0 saturated carbocycles. The van der Waals surface area contributed by atoms with Crippen LogP contribution < -0.4 is 4.90 Å². The first-order valence-corrected chi connectivity index (χ1v) is 6.85. The predicted molar refractivity (Wildman–Crippen MR) is 75.3 cm³/mol. The summed E-state index contributed by atoms with van der Waals surface area (Å²) >= 11 is 0. The second-order valence-electron chi connectivity index (χ2n) is 4.84. The van der Waals surface area contributed by atoms with Crippen LogP contribution in [0.25, 0.3) is 0 Å². The molecule has 0 spiro atoms. The van der Waals surface area contributed by atoms with Crippen molar-refractivity contribution in [2.45, 2.75) is 25.5 Å². The molecule has 1 fully saturated rings. The van der Waals surface area contributed by atoms with E-state index < -0.39 is 0 Å². The van der Waals surface area contributed by atoms with Crippen LogP contribution in [0.1, 0.15) is 18.6 Å². The third-order valence-electron chi connectivity index (χ3n) is 3.43. The number of benzene rings is 1. The Morgan fingerprint density at radius 1 is 1.20 bits per heavy atom. The van der Waals surface area contributed by atoms with Crippen LogP contribution in [0, 0.1) is 0 Å². The van der Waals surface area contributed by atoms with E-state index in [4.69, 9.17) is 9.15 Å². The minimum atomic E-state index is -0.329. The Labute approximate surface area is 118 Å². The molecule has 4 nitrogen and oxygen atoms in total. The van der Waals surface area contributed by atoms with E-state index in [1.165, 1.54) is 0 Å². The highest BCUT2D eigenvalue weighted by Gasteiger charge is 2.29. The number of carbonyl (C=O) groups excluding carboxylic acids is 1. The van der Waals surface area contributed by atoms with E-state index >= 15 is 0 Å². The molecule has 1 aliphatic rings. The molecule has 0 radical (unpaired) electrons. The molecule has 1 atom stereocenters. The number of furan rings is 1. The Morgan fingerprint density at radius 3 is 2.70 bits per heavy atom. The maximum absolute atomic E-state index is 12.6. The molecule has 0 unspecified atom stereocenters. The number of anilines is 1. The molecular weight excluding hydrogens is 254 g/mol. The summed E-state index contributed by atoms with van der Waals surface area (Å²) in [6.45, 7) is 1.09. The Kier molecular flexibility index (Phi) is 3.83. The fraction of sp³-hybridized carbons (Fsp3) is 0.312. The quantitative estimate of drug-likeness (QED) is 0.858. The summed E-state index contributed by atoms with van der Waals surface area (Å²) in [6, 6.07) is 13.3. The monoisotopic (exact) mass is 271 g/mol. The molecular formula is C16H17NO3. The van der Waals surface area contributed by atoms with Crippen LogP contribution in [0.5, 0.6) is 0 Å². The summed E-state index contributed by atoms with van der Waals surface area (Å²) in [5, 5.41) is 0. The van der Waals surface area contributed by atoms with Crippen molar-refractivity contribution in [2.24, 2.45) is 0 Å². The third-order valence-corrected chi connectivity index (χ3v) is 3.43. The first-order valence-electron chi connectivity index (χ1n) is 6.85. The molecule has 1 aromatic heterocycles. The summed E-state index contributed by atoms with van der Waals surface area (Å²) in [6.07, 6.45) is 3.03. The van der Waals surface area contributed by atoms with Gasteiger partial charge in [0.25, 0.3) is 5.91 Å². The second-order valence-corrected chi connectivity index (χ2v) is 4.84. The average Bonchev–Trinajstić information content (AvgIpc) is 3.18. The summed E-state index contributed by atoms with van der Waals surface area (Å²) in [5.74, 6) is 0.769. The van der Waals surface area contributed by atoms with Gasteiger partial charge in [0, 0.05) is 12.3 Å². The molecule has 3 rings (SSSR count). The number of hydrogen-bond donors (Lipinski definition) is 0. The molecule has 2 heterocycles. The number of amides is 1. The first kappa shape index (κ1) is 12.9. The highest BCUT2D eigenvalue weighted by molar-refractivity contribution is 5.96. The van der Waals surface area contributed by atoms with Crippen molar-refractivity contribution in [1.82, 2.24) is 0 Å². The van der Waals surface area contributed by atoms with Gasteiger partial charge in [-0.05, 0) is 37.1 Å². The highest BCUT2D eigenvalue weighted by Crippen LogP contribution is 2.22. The minimum absolute atomic E-state index is 0.00472. The maximum atomic E-state index is 12.6. The maximum Gasteiger partial charge on any atom is 0.256 e. The number of ether oxygens (including phenoxy) is 1. The molecule has 104 valence electrons. The molecule has 1 aliphatic heterocycles. The molecule has 2 aromatic rings. The van der Waals surface area contributed by atoms with E-state index in [1.807, 2.05) is 42.5 Å². The zero-order valence-corrected chi connectivity index (χ0v) is 11.2. The van der Waals surface area contributed by atoms with Gasteiger partial charge in [0.05, 0.1) is 12.8 Å². The van der Waals surface area contributed by atoms with Gasteiger partial charge in [0.1, 0.15) is 11.9 Å². The van der Waals surface area contributed by atoms with E-state index in [0.29, 0.717) is 13.2 Å². The summed E-state index contributed by atoms with van der Waals surface area (Å²) < 4.78 is 10.9. The normalized spacial score (nSPS) is 18.1. The van der Waals surface area contributed by atoms with E-state index in [1.54, 1.807) is 11.2 Å². The lowest BCUT2D eigenvalue weighted by Gasteiger charge is -2.24. The average molecular weight is 271 g/mol. The summed E-state index contributed by atoms with van der Waals surface area (Å²) in [5.41, 5.74) is 0.865. The van der Waals surface area contributed by atoms with Crippen molar-refractivity contribution in [3.05, 3.63) is 54.5 Å². The topological polar surface area (TPSA) is 42.7 Å². The second kappa shape index (κ2) is 5.92. The standard InChI is InChI=1S/C16H17NO3/c18-16(15-9-5-11-20-15)17(12-14-8-4-10-19-14)13-6-2-1-3-7-13/h1-4,6-8,10,15H,5,9,11-12H2/t15-/m0/s1. The zero-order chi connectivity index (χ0) is 13.8.